The number of nitrogens with zero attached hydrogens (tertiary/aromatic N) is 2. The molecule has 1 aromatic heterocycles. The fourth-order valence-electron chi connectivity index (χ4n) is 2.84. The molecule has 0 saturated carbocycles. The Morgan fingerprint density at radius 2 is 2.20 bits per heavy atom. The van der Waals surface area contributed by atoms with Crippen LogP contribution < -0.4 is 16.3 Å². The molecule has 1 unspecified atom stereocenters. The molecule has 1 amide bonds. The van der Waals surface area contributed by atoms with E-state index >= 15 is 4.39 Å². The zero-order valence-corrected chi connectivity index (χ0v) is 17.2. The number of nitrogens with one attached hydrogen (secondary N) is 2. The highest BCUT2D eigenvalue weighted by Crippen LogP contribution is 2.32. The third-order valence-corrected chi connectivity index (χ3v) is 4.83. The first kappa shape index (κ1) is 22.0. The van der Waals surface area contributed by atoms with Crippen molar-refractivity contribution in [2.24, 2.45) is 7.05 Å². The van der Waals surface area contributed by atoms with Gasteiger partial charge in [-0.2, -0.15) is 0 Å². The number of benzene rings is 2. The van der Waals surface area contributed by atoms with E-state index in [1.807, 2.05) is 7.85 Å². The average Bonchev–Trinajstić information content (AvgIpc) is 3.09. The lowest BCUT2D eigenvalue weighted by molar-refractivity contribution is 0.00705. The summed E-state index contributed by atoms with van der Waals surface area (Å²) in [5.41, 5.74) is 4.02. The van der Waals surface area contributed by atoms with Gasteiger partial charge in [0.15, 0.2) is 5.82 Å². The Morgan fingerprint density at radius 3 is 2.90 bits per heavy atom. The summed E-state index contributed by atoms with van der Waals surface area (Å²) in [5, 5.41) is 21.4. The van der Waals surface area contributed by atoms with Crippen molar-refractivity contribution in [1.82, 2.24) is 15.0 Å². The highest BCUT2D eigenvalue weighted by molar-refractivity contribution is 6.37. The third kappa shape index (κ3) is 4.73. The lowest BCUT2D eigenvalue weighted by Gasteiger charge is -2.15. The smallest absolute Gasteiger partial charge is 0.277 e. The first-order valence-corrected chi connectivity index (χ1v) is 9.57. The Hall–Kier alpha value is -2.66. The SMILES string of the molecule is Bc1ccc(Nc2c(C(=O)NOCCC(O)CO)cc3c(ncn3C)c2F)c(Cl)c1. The summed E-state index contributed by atoms with van der Waals surface area (Å²) in [5.74, 6) is -1.40. The van der Waals surface area contributed by atoms with Crippen molar-refractivity contribution in [3.05, 3.63) is 47.0 Å². The van der Waals surface area contributed by atoms with E-state index in [1.165, 1.54) is 12.4 Å². The van der Waals surface area contributed by atoms with E-state index in [1.54, 1.807) is 29.8 Å². The lowest BCUT2D eigenvalue weighted by Crippen LogP contribution is -2.27. The number of hydroxylamine groups is 1. The van der Waals surface area contributed by atoms with Crippen molar-refractivity contribution in [2.45, 2.75) is 12.5 Å². The zero-order chi connectivity index (χ0) is 21.8. The van der Waals surface area contributed by atoms with Gasteiger partial charge in [-0.1, -0.05) is 23.1 Å². The van der Waals surface area contributed by atoms with Crippen LogP contribution in [0.15, 0.2) is 30.6 Å². The topological polar surface area (TPSA) is 109 Å². The van der Waals surface area contributed by atoms with Crippen molar-refractivity contribution in [3.63, 3.8) is 0 Å². The summed E-state index contributed by atoms with van der Waals surface area (Å²) >= 11 is 6.26. The quantitative estimate of drug-likeness (QED) is 0.237. The standard InChI is InChI=1S/C19H21BClFN4O4/c1-26-9-23-18-15(26)7-12(19(29)25-30-5-4-11(28)8-27)17(16(18)22)24-14-3-2-10(20)6-13(14)21/h2-3,6-7,9,11,24,27-28H,4-5,8,20H2,1H3,(H,25,29). The van der Waals surface area contributed by atoms with Gasteiger partial charge in [0.25, 0.3) is 5.91 Å². The number of hydrogen-bond donors (Lipinski definition) is 4. The predicted octanol–water partition coefficient (Wildman–Crippen LogP) is 0.772. The highest BCUT2D eigenvalue weighted by Gasteiger charge is 2.22. The van der Waals surface area contributed by atoms with E-state index in [9.17, 15) is 9.90 Å². The largest absolute Gasteiger partial charge is 0.394 e. The molecule has 30 heavy (non-hydrogen) atoms. The molecular formula is C19H21BClFN4O4. The average molecular weight is 435 g/mol. The number of hydrogen-bond acceptors (Lipinski definition) is 6. The van der Waals surface area contributed by atoms with Crippen molar-refractivity contribution in [1.29, 1.82) is 0 Å². The predicted molar refractivity (Wildman–Crippen MR) is 115 cm³/mol. The molecule has 0 saturated heterocycles. The molecule has 11 heteroatoms. The number of halogens is 2. The summed E-state index contributed by atoms with van der Waals surface area (Å²) in [6, 6.07) is 6.71. The molecule has 0 radical (unpaired) electrons. The van der Waals surface area contributed by atoms with Crippen molar-refractivity contribution < 1.29 is 24.2 Å². The number of anilines is 2. The summed E-state index contributed by atoms with van der Waals surface area (Å²) in [6.45, 7) is -0.443. The second-order valence-electron chi connectivity index (χ2n) is 6.85. The van der Waals surface area contributed by atoms with Gasteiger partial charge in [-0.3, -0.25) is 9.63 Å². The number of aliphatic hydroxyl groups excluding tert-OH is 2. The first-order chi connectivity index (χ1) is 14.3. The Balaban J connectivity index is 1.93. The maximum absolute atomic E-state index is 15.3. The van der Waals surface area contributed by atoms with Gasteiger partial charge >= 0.3 is 0 Å². The van der Waals surface area contributed by atoms with Crippen LogP contribution in [0.3, 0.4) is 0 Å². The molecule has 0 bridgehead atoms. The van der Waals surface area contributed by atoms with Crippen LogP contribution in [0.4, 0.5) is 15.8 Å². The van der Waals surface area contributed by atoms with Gasteiger partial charge < -0.3 is 20.1 Å². The van der Waals surface area contributed by atoms with Crippen molar-refractivity contribution >= 4 is 53.2 Å². The van der Waals surface area contributed by atoms with Crippen LogP contribution in [0.5, 0.6) is 0 Å². The molecular weight excluding hydrogens is 413 g/mol. The van der Waals surface area contributed by atoms with Gasteiger partial charge in [0.05, 0.1) is 53.1 Å². The first-order valence-electron chi connectivity index (χ1n) is 9.19. The summed E-state index contributed by atoms with van der Waals surface area (Å²) in [4.78, 5) is 21.8. The highest BCUT2D eigenvalue weighted by atomic mass is 35.5. The van der Waals surface area contributed by atoms with Gasteiger partial charge in [-0.25, -0.2) is 14.9 Å². The Bertz CT molecular complexity index is 1080. The number of carbonyl (C=O) groups is 1. The van der Waals surface area contributed by atoms with Crippen LogP contribution in [-0.4, -0.2) is 52.8 Å². The molecule has 1 atom stereocenters. The fourth-order valence-corrected chi connectivity index (χ4v) is 3.12. The number of imidazole rings is 1. The Labute approximate surface area is 178 Å². The molecule has 2 aromatic carbocycles. The number of aryl methyl sites for hydroxylation is 1. The molecule has 8 nitrogen and oxygen atoms in total. The minimum atomic E-state index is -0.953. The van der Waals surface area contributed by atoms with Crippen LogP contribution in [0.25, 0.3) is 11.0 Å². The Kier molecular flexibility index (Phi) is 6.93. The molecule has 158 valence electrons. The summed E-state index contributed by atoms with van der Waals surface area (Å²) < 4.78 is 16.9. The van der Waals surface area contributed by atoms with Crippen LogP contribution in [0.2, 0.25) is 5.02 Å². The van der Waals surface area contributed by atoms with Gasteiger partial charge in [-0.05, 0) is 18.2 Å². The van der Waals surface area contributed by atoms with E-state index < -0.39 is 24.4 Å². The van der Waals surface area contributed by atoms with E-state index in [4.69, 9.17) is 21.5 Å². The summed E-state index contributed by atoms with van der Waals surface area (Å²) in [7, 11) is 3.56. The number of aliphatic hydroxyl groups is 2. The van der Waals surface area contributed by atoms with Gasteiger partial charge in [-0.15, -0.1) is 0 Å². The number of fused-ring (bicyclic) bond motifs is 1. The minimum Gasteiger partial charge on any atom is -0.394 e. The van der Waals surface area contributed by atoms with E-state index in [0.717, 1.165) is 5.46 Å². The zero-order valence-electron chi connectivity index (χ0n) is 16.4. The molecule has 0 aliphatic carbocycles. The van der Waals surface area contributed by atoms with Crippen LogP contribution in [-0.2, 0) is 11.9 Å². The Morgan fingerprint density at radius 1 is 1.43 bits per heavy atom. The van der Waals surface area contributed by atoms with Crippen LogP contribution >= 0.6 is 11.6 Å². The third-order valence-electron chi connectivity index (χ3n) is 4.52. The molecule has 0 aliphatic heterocycles. The molecule has 3 rings (SSSR count). The maximum Gasteiger partial charge on any atom is 0.277 e. The normalized spacial score (nSPS) is 12.2. The maximum atomic E-state index is 15.3. The molecule has 3 aromatic rings. The number of rotatable bonds is 8. The number of amides is 1. The molecule has 0 aliphatic rings. The van der Waals surface area contributed by atoms with E-state index in [-0.39, 0.29) is 29.8 Å². The second-order valence-corrected chi connectivity index (χ2v) is 7.26. The fraction of sp³-hybridized carbons (Fsp3) is 0.263. The monoisotopic (exact) mass is 434 g/mol. The molecule has 0 fully saturated rings. The van der Waals surface area contributed by atoms with Crippen LogP contribution in [0, 0.1) is 5.82 Å². The van der Waals surface area contributed by atoms with Crippen molar-refractivity contribution in [2.75, 3.05) is 18.5 Å². The number of aromatic nitrogens is 2. The second kappa shape index (κ2) is 9.44. The number of carbonyl (C=O) groups excluding carboxylic acids is 1. The van der Waals surface area contributed by atoms with Crippen LogP contribution in [0.1, 0.15) is 16.8 Å². The van der Waals surface area contributed by atoms with Gasteiger partial charge in [0.1, 0.15) is 13.4 Å². The summed E-state index contributed by atoms with van der Waals surface area (Å²) in [6.07, 6.45) is 0.618. The lowest BCUT2D eigenvalue weighted by atomic mass is 9.96. The molecule has 0 spiro atoms. The molecule has 4 N–H and O–H groups in total. The van der Waals surface area contributed by atoms with E-state index in [0.29, 0.717) is 16.2 Å². The van der Waals surface area contributed by atoms with Crippen molar-refractivity contribution in [3.8, 4) is 0 Å². The minimum absolute atomic E-state index is 0.0112. The van der Waals surface area contributed by atoms with E-state index in [2.05, 4.69) is 15.8 Å². The molecule has 1 heterocycles. The van der Waals surface area contributed by atoms with Gasteiger partial charge in [0.2, 0.25) is 0 Å². The van der Waals surface area contributed by atoms with Gasteiger partial charge in [0, 0.05) is 13.5 Å².